The topological polar surface area (TPSA) is 33.0 Å². The van der Waals surface area contributed by atoms with Crippen molar-refractivity contribution in [1.82, 2.24) is 0 Å². The van der Waals surface area contributed by atoms with Crippen LogP contribution in [0.5, 0.6) is 11.5 Å². The van der Waals surface area contributed by atoms with Gasteiger partial charge in [0.25, 0.3) is 0 Å². The summed E-state index contributed by atoms with van der Waals surface area (Å²) in [5.41, 5.74) is 3.31. The maximum atomic E-state index is 9.07. The molecule has 2 aromatic rings. The van der Waals surface area contributed by atoms with Crippen LogP contribution in [0.1, 0.15) is 16.7 Å². The van der Waals surface area contributed by atoms with E-state index in [2.05, 4.69) is 12.6 Å². The van der Waals surface area contributed by atoms with Gasteiger partial charge in [0.15, 0.2) is 5.75 Å². The summed E-state index contributed by atoms with van der Waals surface area (Å²) in [7, 11) is 0. The van der Waals surface area contributed by atoms with Crippen molar-refractivity contribution in [3.8, 4) is 17.6 Å². The minimum atomic E-state index is 0.540. The van der Waals surface area contributed by atoms with Gasteiger partial charge in [-0.25, -0.2) is 0 Å². The van der Waals surface area contributed by atoms with E-state index in [1.807, 2.05) is 36.4 Å². The van der Waals surface area contributed by atoms with E-state index >= 15 is 0 Å². The molecule has 0 aromatic heterocycles. The predicted molar refractivity (Wildman–Crippen MR) is 65.8 cm³/mol. The molecule has 0 atom stereocenters. The molecule has 2 nitrogen and oxygen atoms in total. The molecule has 0 spiro atoms. The number of hydrogen-bond acceptors (Lipinski definition) is 2. The van der Waals surface area contributed by atoms with E-state index in [9.17, 15) is 0 Å². The van der Waals surface area contributed by atoms with Crippen molar-refractivity contribution in [2.24, 2.45) is 0 Å². The summed E-state index contributed by atoms with van der Waals surface area (Å²) in [5, 5.41) is 9.07. The van der Waals surface area contributed by atoms with Gasteiger partial charge in [-0.15, -0.1) is 0 Å². The first kappa shape index (κ1) is 9.68. The number of hydrogen-bond donors (Lipinski definition) is 0. The molecule has 17 heavy (non-hydrogen) atoms. The second-order valence-corrected chi connectivity index (χ2v) is 3.87. The third-order valence-electron chi connectivity index (χ3n) is 2.88. The summed E-state index contributed by atoms with van der Waals surface area (Å²) < 4.78 is 5.79. The molecule has 0 N–H and O–H groups in total. The average Bonchev–Trinajstić information content (AvgIpc) is 2.38. The number of benzene rings is 2. The summed E-state index contributed by atoms with van der Waals surface area (Å²) in [5.74, 6) is 1.37. The molecule has 3 rings (SSSR count). The normalized spacial score (nSPS) is 12.1. The molecule has 0 bridgehead atoms. The number of nitriles is 1. The van der Waals surface area contributed by atoms with Gasteiger partial charge in [0.2, 0.25) is 0 Å². The maximum Gasteiger partial charge on any atom is 0.153 e. The van der Waals surface area contributed by atoms with Gasteiger partial charge in [0, 0.05) is 11.1 Å². The molecule has 80 valence electrons. The Balaban J connectivity index is 2.27. The van der Waals surface area contributed by atoms with Crippen molar-refractivity contribution < 1.29 is 4.74 Å². The maximum absolute atomic E-state index is 9.07. The van der Waals surface area contributed by atoms with Crippen LogP contribution in [0.15, 0.2) is 49.0 Å². The smallest absolute Gasteiger partial charge is 0.153 e. The largest absolute Gasteiger partial charge is 0.455 e. The summed E-state index contributed by atoms with van der Waals surface area (Å²) in [6.45, 7) is 4.08. The molecular weight excluding hydrogens is 210 g/mol. The number of nitrogens with zero attached hydrogens (tertiary/aromatic N) is 1. The van der Waals surface area contributed by atoms with E-state index in [1.165, 1.54) is 0 Å². The summed E-state index contributed by atoms with van der Waals surface area (Å²) in [4.78, 5) is 0. The van der Waals surface area contributed by atoms with Crippen molar-refractivity contribution in [1.29, 1.82) is 5.26 Å². The molecule has 0 saturated carbocycles. The lowest BCUT2D eigenvalue weighted by atomic mass is 9.94. The lowest BCUT2D eigenvalue weighted by Gasteiger charge is -2.22. The molecule has 1 heterocycles. The van der Waals surface area contributed by atoms with Crippen LogP contribution in [-0.2, 0) is 0 Å². The molecule has 0 radical (unpaired) electrons. The average molecular weight is 219 g/mol. The highest BCUT2D eigenvalue weighted by Gasteiger charge is 2.22. The van der Waals surface area contributed by atoms with Gasteiger partial charge in [0.05, 0.1) is 5.56 Å². The molecule has 1 aliphatic rings. The third-order valence-corrected chi connectivity index (χ3v) is 2.88. The number of ether oxygens (including phenoxy) is 1. The first-order valence-electron chi connectivity index (χ1n) is 5.31. The van der Waals surface area contributed by atoms with Gasteiger partial charge in [0.1, 0.15) is 11.8 Å². The van der Waals surface area contributed by atoms with Gasteiger partial charge in [-0.2, -0.15) is 5.26 Å². The Morgan fingerprint density at radius 2 is 1.76 bits per heavy atom. The zero-order chi connectivity index (χ0) is 11.8. The Morgan fingerprint density at radius 1 is 1.00 bits per heavy atom. The molecule has 0 saturated heterocycles. The highest BCUT2D eigenvalue weighted by Crippen LogP contribution is 2.43. The van der Waals surface area contributed by atoms with Gasteiger partial charge in [-0.3, -0.25) is 0 Å². The third kappa shape index (κ3) is 1.33. The lowest BCUT2D eigenvalue weighted by Crippen LogP contribution is -2.02. The quantitative estimate of drug-likeness (QED) is 0.577. The second kappa shape index (κ2) is 3.50. The molecule has 2 aromatic carbocycles. The highest BCUT2D eigenvalue weighted by molar-refractivity contribution is 5.87. The monoisotopic (exact) mass is 219 g/mol. The molecule has 0 amide bonds. The van der Waals surface area contributed by atoms with Gasteiger partial charge >= 0.3 is 0 Å². The van der Waals surface area contributed by atoms with E-state index in [0.29, 0.717) is 11.3 Å². The van der Waals surface area contributed by atoms with Gasteiger partial charge in [-0.1, -0.05) is 36.9 Å². The van der Waals surface area contributed by atoms with Crippen LogP contribution >= 0.6 is 0 Å². The fourth-order valence-corrected chi connectivity index (χ4v) is 2.03. The van der Waals surface area contributed by atoms with Crippen LogP contribution in [0.3, 0.4) is 0 Å². The Kier molecular flexibility index (Phi) is 1.99. The molecule has 0 fully saturated rings. The molecule has 0 aliphatic carbocycles. The minimum Gasteiger partial charge on any atom is -0.455 e. The number of para-hydroxylation sites is 2. The first-order valence-corrected chi connectivity index (χ1v) is 5.31. The van der Waals surface area contributed by atoms with Gasteiger partial charge in [-0.05, 0) is 17.7 Å². The number of fused-ring (bicyclic) bond motifs is 2. The zero-order valence-corrected chi connectivity index (χ0v) is 9.10. The Labute approximate surface area is 99.4 Å². The Bertz CT molecular complexity index is 665. The van der Waals surface area contributed by atoms with E-state index in [1.54, 1.807) is 6.07 Å². The summed E-state index contributed by atoms with van der Waals surface area (Å²) >= 11 is 0. The van der Waals surface area contributed by atoms with Crippen LogP contribution in [-0.4, -0.2) is 0 Å². The van der Waals surface area contributed by atoms with E-state index in [0.717, 1.165) is 22.4 Å². The van der Waals surface area contributed by atoms with E-state index < -0.39 is 0 Å². The summed E-state index contributed by atoms with van der Waals surface area (Å²) in [6.07, 6.45) is 0. The van der Waals surface area contributed by atoms with Crippen molar-refractivity contribution in [3.63, 3.8) is 0 Å². The predicted octanol–water partition coefficient (Wildman–Crippen LogP) is 3.73. The highest BCUT2D eigenvalue weighted by atomic mass is 16.5. The fraction of sp³-hybridized carbons (Fsp3) is 0. The molecule has 0 unspecified atom stereocenters. The van der Waals surface area contributed by atoms with Gasteiger partial charge < -0.3 is 4.74 Å². The molecule has 2 heteroatoms. The van der Waals surface area contributed by atoms with Crippen LogP contribution in [0, 0.1) is 11.3 Å². The SMILES string of the molecule is C=C1c2ccccc2Oc2c(C#N)cccc21. The zero-order valence-electron chi connectivity index (χ0n) is 9.10. The van der Waals surface area contributed by atoms with Crippen LogP contribution < -0.4 is 4.74 Å². The Morgan fingerprint density at radius 3 is 2.59 bits per heavy atom. The standard InChI is InChI=1S/C15H9NO/c1-10-12-6-2-3-8-14(12)17-15-11(9-16)5-4-7-13(10)15/h2-8H,1H2. The summed E-state index contributed by atoms with van der Waals surface area (Å²) in [6, 6.07) is 15.4. The number of rotatable bonds is 0. The van der Waals surface area contributed by atoms with Crippen molar-refractivity contribution in [2.75, 3.05) is 0 Å². The fourth-order valence-electron chi connectivity index (χ4n) is 2.03. The Hall–Kier alpha value is -2.53. The van der Waals surface area contributed by atoms with E-state index in [-0.39, 0.29) is 0 Å². The molecular formula is C15H9NO. The first-order chi connectivity index (χ1) is 8.31. The van der Waals surface area contributed by atoms with Crippen LogP contribution in [0.2, 0.25) is 0 Å². The van der Waals surface area contributed by atoms with Crippen molar-refractivity contribution >= 4 is 5.57 Å². The van der Waals surface area contributed by atoms with Crippen LogP contribution in [0.25, 0.3) is 5.57 Å². The molecule has 1 aliphatic heterocycles. The second-order valence-electron chi connectivity index (χ2n) is 3.87. The van der Waals surface area contributed by atoms with Crippen molar-refractivity contribution in [3.05, 3.63) is 65.7 Å². The minimum absolute atomic E-state index is 0.540. The van der Waals surface area contributed by atoms with Crippen molar-refractivity contribution in [2.45, 2.75) is 0 Å². The lowest BCUT2D eigenvalue weighted by molar-refractivity contribution is 0.472. The van der Waals surface area contributed by atoms with Crippen LogP contribution in [0.4, 0.5) is 0 Å². The van der Waals surface area contributed by atoms with E-state index in [4.69, 9.17) is 10.00 Å².